The highest BCUT2D eigenvalue weighted by Gasteiger charge is 2.34. The van der Waals surface area contributed by atoms with Crippen LogP contribution in [-0.4, -0.2) is 11.1 Å². The Kier molecular flexibility index (Phi) is 4.82. The SMILES string of the molecule is CCCC[C@]1(C)CC[C@@H]([C@H](C)C(=O)O)CC1. The normalized spacial score (nSPS) is 32.3. The molecule has 0 radical (unpaired) electrons. The van der Waals surface area contributed by atoms with Crippen molar-refractivity contribution in [1.82, 2.24) is 0 Å². The van der Waals surface area contributed by atoms with Gasteiger partial charge in [-0.2, -0.15) is 0 Å². The molecule has 0 saturated heterocycles. The zero-order valence-electron chi connectivity index (χ0n) is 11.0. The molecule has 1 saturated carbocycles. The first-order valence-electron chi connectivity index (χ1n) is 6.71. The summed E-state index contributed by atoms with van der Waals surface area (Å²) in [6.07, 6.45) is 8.55. The monoisotopic (exact) mass is 226 g/mol. The average molecular weight is 226 g/mol. The summed E-state index contributed by atoms with van der Waals surface area (Å²) in [5.41, 5.74) is 0.491. The average Bonchev–Trinajstić information content (AvgIpc) is 2.26. The van der Waals surface area contributed by atoms with Crippen LogP contribution in [0.15, 0.2) is 0 Å². The van der Waals surface area contributed by atoms with E-state index in [2.05, 4.69) is 13.8 Å². The Bertz CT molecular complexity index is 227. The fraction of sp³-hybridized carbons (Fsp3) is 0.929. The van der Waals surface area contributed by atoms with E-state index in [0.717, 1.165) is 12.8 Å². The van der Waals surface area contributed by atoms with Gasteiger partial charge in [0.2, 0.25) is 0 Å². The zero-order valence-corrected chi connectivity index (χ0v) is 11.0. The first-order chi connectivity index (χ1) is 7.48. The molecule has 0 amide bonds. The number of rotatable bonds is 5. The Hall–Kier alpha value is -0.530. The lowest BCUT2D eigenvalue weighted by atomic mass is 9.67. The van der Waals surface area contributed by atoms with Gasteiger partial charge in [-0.15, -0.1) is 0 Å². The fourth-order valence-corrected chi connectivity index (χ4v) is 2.89. The molecule has 0 unspecified atom stereocenters. The van der Waals surface area contributed by atoms with Crippen LogP contribution in [0.25, 0.3) is 0 Å². The summed E-state index contributed by atoms with van der Waals surface area (Å²) in [7, 11) is 0. The summed E-state index contributed by atoms with van der Waals surface area (Å²) in [5, 5.41) is 9.01. The highest BCUT2D eigenvalue weighted by Crippen LogP contribution is 2.44. The van der Waals surface area contributed by atoms with E-state index in [1.165, 1.54) is 32.1 Å². The molecule has 0 aliphatic heterocycles. The molecule has 0 aromatic carbocycles. The first-order valence-corrected chi connectivity index (χ1v) is 6.71. The second kappa shape index (κ2) is 5.70. The maximum Gasteiger partial charge on any atom is 0.306 e. The van der Waals surface area contributed by atoms with Crippen molar-refractivity contribution >= 4 is 5.97 Å². The number of unbranched alkanes of at least 4 members (excludes halogenated alkanes) is 1. The smallest absolute Gasteiger partial charge is 0.306 e. The van der Waals surface area contributed by atoms with Crippen molar-refractivity contribution in [3.8, 4) is 0 Å². The van der Waals surface area contributed by atoms with Gasteiger partial charge in [0.1, 0.15) is 0 Å². The highest BCUT2D eigenvalue weighted by atomic mass is 16.4. The van der Waals surface area contributed by atoms with Gasteiger partial charge < -0.3 is 5.11 Å². The van der Waals surface area contributed by atoms with E-state index in [4.69, 9.17) is 5.11 Å². The molecule has 1 fully saturated rings. The van der Waals surface area contributed by atoms with Crippen molar-refractivity contribution < 1.29 is 9.90 Å². The van der Waals surface area contributed by atoms with Crippen LogP contribution in [0.2, 0.25) is 0 Å². The number of carboxylic acids is 1. The molecule has 1 aliphatic rings. The van der Waals surface area contributed by atoms with Gasteiger partial charge in [-0.05, 0) is 43.4 Å². The molecular weight excluding hydrogens is 200 g/mol. The summed E-state index contributed by atoms with van der Waals surface area (Å²) < 4.78 is 0. The van der Waals surface area contributed by atoms with Crippen molar-refractivity contribution in [1.29, 1.82) is 0 Å². The van der Waals surface area contributed by atoms with Crippen LogP contribution in [0, 0.1) is 17.3 Å². The Labute approximate surface area is 99.4 Å². The molecule has 16 heavy (non-hydrogen) atoms. The van der Waals surface area contributed by atoms with E-state index in [1.54, 1.807) is 0 Å². The van der Waals surface area contributed by atoms with Crippen molar-refractivity contribution in [2.75, 3.05) is 0 Å². The number of hydrogen-bond acceptors (Lipinski definition) is 1. The third-order valence-corrected chi connectivity index (χ3v) is 4.47. The van der Waals surface area contributed by atoms with Crippen LogP contribution in [0.5, 0.6) is 0 Å². The molecule has 0 aromatic heterocycles. The van der Waals surface area contributed by atoms with E-state index in [0.29, 0.717) is 11.3 Å². The van der Waals surface area contributed by atoms with Gasteiger partial charge >= 0.3 is 5.97 Å². The minimum Gasteiger partial charge on any atom is -0.481 e. The molecule has 0 bridgehead atoms. The summed E-state index contributed by atoms with van der Waals surface area (Å²) in [5.74, 6) is -0.370. The predicted octanol–water partition coefficient (Wildman–Crippen LogP) is 4.09. The molecule has 1 rings (SSSR count). The maximum absolute atomic E-state index is 10.9. The van der Waals surface area contributed by atoms with Gasteiger partial charge in [0.15, 0.2) is 0 Å². The third kappa shape index (κ3) is 3.50. The fourth-order valence-electron chi connectivity index (χ4n) is 2.89. The molecule has 0 heterocycles. The Morgan fingerprint density at radius 2 is 2.00 bits per heavy atom. The van der Waals surface area contributed by atoms with Gasteiger partial charge in [-0.25, -0.2) is 0 Å². The van der Waals surface area contributed by atoms with Crippen LogP contribution in [0.4, 0.5) is 0 Å². The first kappa shape index (κ1) is 13.5. The van der Waals surface area contributed by atoms with Gasteiger partial charge in [-0.1, -0.05) is 33.6 Å². The lowest BCUT2D eigenvalue weighted by molar-refractivity contribution is -0.143. The van der Waals surface area contributed by atoms with Crippen LogP contribution >= 0.6 is 0 Å². The second-order valence-corrected chi connectivity index (χ2v) is 5.88. The van der Waals surface area contributed by atoms with Crippen molar-refractivity contribution in [3.05, 3.63) is 0 Å². The minimum absolute atomic E-state index is 0.157. The summed E-state index contributed by atoms with van der Waals surface area (Å²) in [4.78, 5) is 10.9. The Balaban J connectivity index is 2.41. The number of carboxylic acid groups (broad SMARTS) is 1. The number of aliphatic carboxylic acids is 1. The molecule has 0 aromatic rings. The minimum atomic E-state index is -0.623. The van der Waals surface area contributed by atoms with Crippen molar-refractivity contribution in [2.24, 2.45) is 17.3 Å². The van der Waals surface area contributed by atoms with Gasteiger partial charge in [0.05, 0.1) is 5.92 Å². The maximum atomic E-state index is 10.9. The molecule has 1 aliphatic carbocycles. The lowest BCUT2D eigenvalue weighted by Gasteiger charge is -2.38. The van der Waals surface area contributed by atoms with Crippen LogP contribution in [-0.2, 0) is 4.79 Å². The Morgan fingerprint density at radius 3 is 2.44 bits per heavy atom. The summed E-state index contributed by atoms with van der Waals surface area (Å²) in [6, 6.07) is 0. The molecular formula is C14H26O2. The molecule has 0 spiro atoms. The molecule has 94 valence electrons. The van der Waals surface area contributed by atoms with Crippen LogP contribution in [0.3, 0.4) is 0 Å². The number of hydrogen-bond donors (Lipinski definition) is 1. The Morgan fingerprint density at radius 1 is 1.44 bits per heavy atom. The molecule has 2 nitrogen and oxygen atoms in total. The summed E-state index contributed by atoms with van der Waals surface area (Å²) >= 11 is 0. The van der Waals surface area contributed by atoms with Gasteiger partial charge in [0, 0.05) is 0 Å². The molecule has 2 heteroatoms. The predicted molar refractivity (Wildman–Crippen MR) is 66.4 cm³/mol. The second-order valence-electron chi connectivity index (χ2n) is 5.88. The van der Waals surface area contributed by atoms with Gasteiger partial charge in [-0.3, -0.25) is 4.79 Å². The van der Waals surface area contributed by atoms with Gasteiger partial charge in [0.25, 0.3) is 0 Å². The molecule has 1 atom stereocenters. The summed E-state index contributed by atoms with van der Waals surface area (Å²) in [6.45, 7) is 6.48. The van der Waals surface area contributed by atoms with Crippen molar-refractivity contribution in [3.63, 3.8) is 0 Å². The topological polar surface area (TPSA) is 37.3 Å². The number of carbonyl (C=O) groups is 1. The lowest BCUT2D eigenvalue weighted by Crippen LogP contribution is -2.30. The third-order valence-electron chi connectivity index (χ3n) is 4.47. The standard InChI is InChI=1S/C14H26O2/c1-4-5-8-14(3)9-6-12(7-10-14)11(2)13(15)16/h11-12H,4-10H2,1-3H3,(H,15,16)/t11-,12-,14-/m0/s1. The zero-order chi connectivity index (χ0) is 12.2. The van der Waals surface area contributed by atoms with Crippen LogP contribution in [0.1, 0.15) is 65.7 Å². The quantitative estimate of drug-likeness (QED) is 0.766. The highest BCUT2D eigenvalue weighted by molar-refractivity contribution is 5.69. The van der Waals surface area contributed by atoms with E-state index in [1.807, 2.05) is 6.92 Å². The largest absolute Gasteiger partial charge is 0.481 e. The van der Waals surface area contributed by atoms with Crippen molar-refractivity contribution in [2.45, 2.75) is 65.7 Å². The van der Waals surface area contributed by atoms with E-state index >= 15 is 0 Å². The van der Waals surface area contributed by atoms with E-state index in [-0.39, 0.29) is 5.92 Å². The van der Waals surface area contributed by atoms with E-state index in [9.17, 15) is 4.79 Å². The van der Waals surface area contributed by atoms with E-state index < -0.39 is 5.97 Å². The molecule has 1 N–H and O–H groups in total. The van der Waals surface area contributed by atoms with Crippen LogP contribution < -0.4 is 0 Å².